The van der Waals surface area contributed by atoms with Gasteiger partial charge >= 0.3 is 5.97 Å². The molecule has 0 aromatic carbocycles. The highest BCUT2D eigenvalue weighted by Crippen LogP contribution is 2.19. The fourth-order valence-electron chi connectivity index (χ4n) is 2.05. The van der Waals surface area contributed by atoms with Crippen molar-refractivity contribution in [1.29, 1.82) is 0 Å². The normalized spacial score (nSPS) is 18.8. The van der Waals surface area contributed by atoms with Crippen molar-refractivity contribution < 1.29 is 14.6 Å². The Morgan fingerprint density at radius 3 is 2.95 bits per heavy atom. The zero-order valence-corrected chi connectivity index (χ0v) is 11.3. The molecule has 5 nitrogen and oxygen atoms in total. The number of carbonyl (C=O) groups is 1. The molecule has 2 N–H and O–H groups in total. The number of nitrogens with zero attached hydrogens (tertiary/aromatic N) is 1. The molecule has 0 spiro atoms. The Morgan fingerprint density at radius 1 is 1.58 bits per heavy atom. The summed E-state index contributed by atoms with van der Waals surface area (Å²) in [6, 6.07) is 3.22. The molecular formula is C14H20N2O3. The predicted molar refractivity (Wildman–Crippen MR) is 72.7 cm³/mol. The molecule has 1 saturated heterocycles. The van der Waals surface area contributed by atoms with E-state index in [0.29, 0.717) is 11.7 Å². The minimum atomic E-state index is -0.920. The molecule has 0 aliphatic carbocycles. The monoisotopic (exact) mass is 264 g/mol. The summed E-state index contributed by atoms with van der Waals surface area (Å²) in [5, 5.41) is 12.3. The summed E-state index contributed by atoms with van der Waals surface area (Å²) < 4.78 is 5.31. The van der Waals surface area contributed by atoms with Gasteiger partial charge in [0, 0.05) is 24.8 Å². The maximum atomic E-state index is 11.1. The number of ether oxygens (including phenoxy) is 1. The molecule has 1 unspecified atom stereocenters. The molecule has 1 aliphatic rings. The second kappa shape index (κ2) is 6.02. The summed E-state index contributed by atoms with van der Waals surface area (Å²) >= 11 is 0. The number of carboxylic acids is 1. The topological polar surface area (TPSA) is 71.5 Å². The summed E-state index contributed by atoms with van der Waals surface area (Å²) in [6.07, 6.45) is 1.04. The van der Waals surface area contributed by atoms with Crippen molar-refractivity contribution in [2.24, 2.45) is 5.92 Å². The summed E-state index contributed by atoms with van der Waals surface area (Å²) in [5.41, 5.74) is 1.08. The fraction of sp³-hybridized carbons (Fsp3) is 0.571. The zero-order chi connectivity index (χ0) is 13.8. The van der Waals surface area contributed by atoms with Crippen LogP contribution in [0.15, 0.2) is 12.1 Å². The molecule has 19 heavy (non-hydrogen) atoms. The molecule has 1 atom stereocenters. The second-order valence-corrected chi connectivity index (χ2v) is 5.24. The molecule has 1 aromatic heterocycles. The highest BCUT2D eigenvalue weighted by Gasteiger charge is 2.16. The molecule has 0 saturated carbocycles. The quantitative estimate of drug-likeness (QED) is 0.854. The van der Waals surface area contributed by atoms with Crippen molar-refractivity contribution in [3.05, 3.63) is 23.4 Å². The second-order valence-electron chi connectivity index (χ2n) is 5.24. The van der Waals surface area contributed by atoms with Gasteiger partial charge in [-0.1, -0.05) is 13.8 Å². The van der Waals surface area contributed by atoms with Crippen LogP contribution in [-0.2, 0) is 4.74 Å². The Bertz CT molecular complexity index is 454. The minimum absolute atomic E-state index is 0.203. The Hall–Kier alpha value is -1.62. The van der Waals surface area contributed by atoms with E-state index >= 15 is 0 Å². The first kappa shape index (κ1) is 13.8. The number of rotatable bonds is 5. The molecule has 104 valence electrons. The van der Waals surface area contributed by atoms with Gasteiger partial charge in [-0.05, 0) is 24.5 Å². The van der Waals surface area contributed by atoms with Crippen LogP contribution in [0.4, 0.5) is 5.82 Å². The Labute approximate surface area is 113 Å². The van der Waals surface area contributed by atoms with Crippen molar-refractivity contribution in [3.8, 4) is 0 Å². The van der Waals surface area contributed by atoms with Crippen LogP contribution >= 0.6 is 0 Å². The van der Waals surface area contributed by atoms with Crippen molar-refractivity contribution in [3.63, 3.8) is 0 Å². The van der Waals surface area contributed by atoms with Gasteiger partial charge in [-0.25, -0.2) is 9.78 Å². The van der Waals surface area contributed by atoms with E-state index in [-0.39, 0.29) is 11.5 Å². The molecule has 1 aromatic rings. The largest absolute Gasteiger partial charge is 0.478 e. The summed E-state index contributed by atoms with van der Waals surface area (Å²) in [4.78, 5) is 15.6. The summed E-state index contributed by atoms with van der Waals surface area (Å²) in [5.74, 6) is 0.402. The number of anilines is 1. The van der Waals surface area contributed by atoms with Crippen LogP contribution in [0.1, 0.15) is 42.2 Å². The number of aromatic carboxylic acids is 1. The molecule has 2 heterocycles. The maximum Gasteiger partial charge on any atom is 0.335 e. The van der Waals surface area contributed by atoms with Gasteiger partial charge in [0.15, 0.2) is 0 Å². The van der Waals surface area contributed by atoms with E-state index in [1.54, 1.807) is 12.1 Å². The number of carboxylic acid groups (broad SMARTS) is 1. The number of pyridine rings is 1. The third-order valence-electron chi connectivity index (χ3n) is 3.28. The van der Waals surface area contributed by atoms with E-state index in [1.165, 1.54) is 0 Å². The molecule has 1 fully saturated rings. The van der Waals surface area contributed by atoms with Crippen LogP contribution in [0.2, 0.25) is 0 Å². The summed E-state index contributed by atoms with van der Waals surface area (Å²) in [7, 11) is 0. The third-order valence-corrected chi connectivity index (χ3v) is 3.28. The minimum Gasteiger partial charge on any atom is -0.478 e. The standard InChI is InChI=1S/C14H20N2O3/c1-9(2)12-5-11(14(17)18)6-13(16-12)15-7-10-3-4-19-8-10/h5-6,9-10H,3-4,7-8H2,1-2H3,(H,15,16)(H,17,18). The molecule has 0 radical (unpaired) electrons. The van der Waals surface area contributed by atoms with Crippen LogP contribution in [-0.4, -0.2) is 35.8 Å². The molecule has 0 amide bonds. The Balaban J connectivity index is 2.11. The van der Waals surface area contributed by atoms with Crippen molar-refractivity contribution >= 4 is 11.8 Å². The molecule has 1 aliphatic heterocycles. The van der Waals surface area contributed by atoms with E-state index in [4.69, 9.17) is 9.84 Å². The van der Waals surface area contributed by atoms with Gasteiger partial charge in [0.2, 0.25) is 0 Å². The lowest BCUT2D eigenvalue weighted by Gasteiger charge is -2.13. The fourth-order valence-corrected chi connectivity index (χ4v) is 2.05. The van der Waals surface area contributed by atoms with Crippen LogP contribution < -0.4 is 5.32 Å². The van der Waals surface area contributed by atoms with Gasteiger partial charge in [-0.3, -0.25) is 0 Å². The molecular weight excluding hydrogens is 244 g/mol. The van der Waals surface area contributed by atoms with Crippen LogP contribution in [0, 0.1) is 5.92 Å². The van der Waals surface area contributed by atoms with Crippen molar-refractivity contribution in [1.82, 2.24) is 4.98 Å². The lowest BCUT2D eigenvalue weighted by Crippen LogP contribution is -2.16. The van der Waals surface area contributed by atoms with Gasteiger partial charge in [-0.15, -0.1) is 0 Å². The molecule has 0 bridgehead atoms. The average Bonchev–Trinajstić information content (AvgIpc) is 2.89. The lowest BCUT2D eigenvalue weighted by molar-refractivity contribution is 0.0696. The Morgan fingerprint density at radius 2 is 2.37 bits per heavy atom. The maximum absolute atomic E-state index is 11.1. The number of hydrogen-bond donors (Lipinski definition) is 2. The summed E-state index contributed by atoms with van der Waals surface area (Å²) in [6.45, 7) is 6.35. The first-order valence-corrected chi connectivity index (χ1v) is 6.63. The van der Waals surface area contributed by atoms with E-state index in [9.17, 15) is 4.79 Å². The average molecular weight is 264 g/mol. The van der Waals surface area contributed by atoms with Gasteiger partial charge in [0.1, 0.15) is 5.82 Å². The highest BCUT2D eigenvalue weighted by molar-refractivity contribution is 5.88. The SMILES string of the molecule is CC(C)c1cc(C(=O)O)cc(NCC2CCOC2)n1. The predicted octanol–water partition coefficient (Wildman–Crippen LogP) is 2.35. The number of hydrogen-bond acceptors (Lipinski definition) is 4. The van der Waals surface area contributed by atoms with E-state index in [1.807, 2.05) is 13.8 Å². The zero-order valence-electron chi connectivity index (χ0n) is 11.3. The van der Waals surface area contributed by atoms with E-state index in [2.05, 4.69) is 10.3 Å². The van der Waals surface area contributed by atoms with Crippen LogP contribution in [0.5, 0.6) is 0 Å². The van der Waals surface area contributed by atoms with Crippen molar-refractivity contribution in [2.75, 3.05) is 25.1 Å². The third kappa shape index (κ3) is 3.67. The van der Waals surface area contributed by atoms with Crippen LogP contribution in [0.3, 0.4) is 0 Å². The number of nitrogens with one attached hydrogen (secondary N) is 1. The van der Waals surface area contributed by atoms with Gasteiger partial charge in [-0.2, -0.15) is 0 Å². The van der Waals surface area contributed by atoms with Gasteiger partial charge < -0.3 is 15.2 Å². The molecule has 5 heteroatoms. The first-order valence-electron chi connectivity index (χ1n) is 6.63. The molecule has 2 rings (SSSR count). The van der Waals surface area contributed by atoms with E-state index < -0.39 is 5.97 Å². The lowest BCUT2D eigenvalue weighted by atomic mass is 10.1. The highest BCUT2D eigenvalue weighted by atomic mass is 16.5. The first-order chi connectivity index (χ1) is 9.06. The van der Waals surface area contributed by atoms with Crippen LogP contribution in [0.25, 0.3) is 0 Å². The van der Waals surface area contributed by atoms with Gasteiger partial charge in [0.25, 0.3) is 0 Å². The van der Waals surface area contributed by atoms with Gasteiger partial charge in [0.05, 0.1) is 12.2 Å². The van der Waals surface area contributed by atoms with E-state index in [0.717, 1.165) is 31.9 Å². The Kier molecular flexibility index (Phi) is 4.37. The smallest absolute Gasteiger partial charge is 0.335 e. The number of aromatic nitrogens is 1. The van der Waals surface area contributed by atoms with Crippen molar-refractivity contribution in [2.45, 2.75) is 26.2 Å².